The molecule has 0 fully saturated rings. The highest BCUT2D eigenvalue weighted by molar-refractivity contribution is 5.94. The second-order valence-corrected chi connectivity index (χ2v) is 6.47. The Kier molecular flexibility index (Phi) is 4.79. The Morgan fingerprint density at radius 2 is 2.17 bits per heavy atom. The molecule has 0 aliphatic carbocycles. The first-order valence-electron chi connectivity index (χ1n) is 8.84. The van der Waals surface area contributed by atoms with Gasteiger partial charge in [-0.3, -0.25) is 9.78 Å². The Hall–Kier alpha value is -3.62. The fraction of sp³-hybridized carbons (Fsp3) is 0.150. The number of halogens is 3. The first kappa shape index (κ1) is 18.7. The molecule has 148 valence electrons. The van der Waals surface area contributed by atoms with Crippen molar-refractivity contribution < 1.29 is 22.9 Å². The maximum absolute atomic E-state index is 12.8. The molecule has 29 heavy (non-hydrogen) atoms. The molecule has 0 spiro atoms. The molecule has 6 nitrogen and oxygen atoms in total. The number of hydrogen-bond acceptors (Lipinski definition) is 4. The van der Waals surface area contributed by atoms with Gasteiger partial charge in [0, 0.05) is 18.5 Å². The third-order valence-corrected chi connectivity index (χ3v) is 4.55. The third-order valence-electron chi connectivity index (χ3n) is 4.55. The number of amides is 1. The van der Waals surface area contributed by atoms with Crippen LogP contribution in [-0.2, 0) is 17.5 Å². The minimum atomic E-state index is -4.46. The molecule has 1 amide bonds. The molecule has 4 rings (SSSR count). The number of allylic oxidation sites excluding steroid dienone is 3. The molecule has 0 saturated heterocycles. The number of carbonyl (C=O) groups excluding carboxylic acids is 1. The van der Waals surface area contributed by atoms with E-state index >= 15 is 0 Å². The topological polar surface area (TPSA) is 71.4 Å². The van der Waals surface area contributed by atoms with Crippen LogP contribution in [0.3, 0.4) is 0 Å². The second-order valence-electron chi connectivity index (χ2n) is 6.47. The van der Waals surface area contributed by atoms with Crippen LogP contribution in [0, 0.1) is 0 Å². The average molecular weight is 400 g/mol. The van der Waals surface area contributed by atoms with E-state index in [0.717, 1.165) is 23.9 Å². The summed E-state index contributed by atoms with van der Waals surface area (Å²) in [5, 5.41) is 5.83. The van der Waals surface area contributed by atoms with E-state index in [2.05, 4.69) is 20.6 Å². The van der Waals surface area contributed by atoms with Crippen LogP contribution in [0.25, 0.3) is 0 Å². The summed E-state index contributed by atoms with van der Waals surface area (Å²) in [4.78, 5) is 21.6. The maximum atomic E-state index is 12.8. The van der Waals surface area contributed by atoms with Gasteiger partial charge >= 0.3 is 6.18 Å². The van der Waals surface area contributed by atoms with Crippen molar-refractivity contribution in [2.75, 3.05) is 0 Å². The number of carbonyl (C=O) groups is 1. The molecule has 0 saturated carbocycles. The number of H-pyrrole nitrogens is 1. The largest absolute Gasteiger partial charge is 0.416 e. The summed E-state index contributed by atoms with van der Waals surface area (Å²) < 4.78 is 38.5. The number of aromatic amines is 1. The summed E-state index contributed by atoms with van der Waals surface area (Å²) in [6.07, 6.45) is 7.29. The van der Waals surface area contributed by atoms with Gasteiger partial charge in [0.2, 0.25) is 0 Å². The van der Waals surface area contributed by atoms with Crippen LogP contribution in [0.15, 0.2) is 78.7 Å². The number of nitrogens with one attached hydrogen (secondary N) is 3. The fourth-order valence-electron chi connectivity index (χ4n) is 3.19. The summed E-state index contributed by atoms with van der Waals surface area (Å²) in [5.41, 5.74) is 1.26. The van der Waals surface area contributed by atoms with Crippen LogP contribution >= 0.6 is 0 Å². The zero-order valence-electron chi connectivity index (χ0n) is 15.1. The van der Waals surface area contributed by atoms with Gasteiger partial charge in [-0.2, -0.15) is 13.2 Å². The normalized spacial score (nSPS) is 17.9. The van der Waals surface area contributed by atoms with Gasteiger partial charge in [-0.15, -0.1) is 0 Å². The first-order chi connectivity index (χ1) is 13.9. The van der Waals surface area contributed by atoms with E-state index in [4.69, 9.17) is 0 Å². The van der Waals surface area contributed by atoms with Crippen molar-refractivity contribution in [3.8, 4) is 0 Å². The molecule has 2 aromatic rings. The first-order valence-corrected chi connectivity index (χ1v) is 8.84. The number of rotatable bonds is 4. The molecule has 3 N–H and O–H groups in total. The van der Waals surface area contributed by atoms with Crippen LogP contribution in [0.2, 0.25) is 0 Å². The Morgan fingerprint density at radius 1 is 1.31 bits per heavy atom. The van der Waals surface area contributed by atoms with E-state index in [0.29, 0.717) is 11.4 Å². The highest BCUT2D eigenvalue weighted by Crippen LogP contribution is 2.33. The minimum absolute atomic E-state index is 0.120. The van der Waals surface area contributed by atoms with E-state index in [-0.39, 0.29) is 18.4 Å². The van der Waals surface area contributed by atoms with E-state index in [1.165, 1.54) is 0 Å². The Labute approximate surface area is 164 Å². The minimum Gasteiger partial charge on any atom is -0.355 e. The summed E-state index contributed by atoms with van der Waals surface area (Å²) >= 11 is 0. The van der Waals surface area contributed by atoms with E-state index in [9.17, 15) is 18.0 Å². The SMILES string of the molecule is O=C(NCc1cc(C(F)(F)F)ccn1)C1=C2C=CC=CN2C(c2ccc[nH+]c2)N1. The van der Waals surface area contributed by atoms with Crippen molar-refractivity contribution in [2.24, 2.45) is 0 Å². The number of pyridine rings is 2. The molecule has 0 radical (unpaired) electrons. The second kappa shape index (κ2) is 7.42. The van der Waals surface area contributed by atoms with E-state index in [1.807, 2.05) is 41.6 Å². The third kappa shape index (κ3) is 3.84. The van der Waals surface area contributed by atoms with Gasteiger partial charge in [0.15, 0.2) is 12.4 Å². The Morgan fingerprint density at radius 3 is 2.93 bits per heavy atom. The standard InChI is InChI=1S/C20H16F3N5O/c21-20(22,23)14-6-8-25-15(10-14)12-26-19(29)17-16-5-1-2-9-28(16)18(27-17)13-4-3-7-24-11-13/h1-11,18,27H,12H2,(H,26,29)/p+1. The summed E-state index contributed by atoms with van der Waals surface area (Å²) in [7, 11) is 0. The molecular formula is C20H17F3N5O+. The van der Waals surface area contributed by atoms with Gasteiger partial charge in [0.25, 0.3) is 5.91 Å². The number of hydrogen-bond donors (Lipinski definition) is 2. The lowest BCUT2D eigenvalue weighted by molar-refractivity contribution is -0.379. The van der Waals surface area contributed by atoms with Gasteiger partial charge < -0.3 is 15.5 Å². The van der Waals surface area contributed by atoms with Crippen LogP contribution in [0.5, 0.6) is 0 Å². The molecular weight excluding hydrogens is 383 g/mol. The summed E-state index contributed by atoms with van der Waals surface area (Å²) in [5.74, 6) is -0.424. The van der Waals surface area contributed by atoms with Crippen LogP contribution in [0.1, 0.15) is 23.0 Å². The monoisotopic (exact) mass is 400 g/mol. The number of nitrogens with zero attached hydrogens (tertiary/aromatic N) is 2. The van der Waals surface area contributed by atoms with Crippen molar-refractivity contribution in [3.05, 3.63) is 95.5 Å². The summed E-state index contributed by atoms with van der Waals surface area (Å²) in [6.45, 7) is -0.120. The maximum Gasteiger partial charge on any atom is 0.416 e. The summed E-state index contributed by atoms with van der Waals surface area (Å²) in [6, 6.07) is 5.61. The number of alkyl halides is 3. The zero-order valence-corrected chi connectivity index (χ0v) is 15.1. The molecule has 1 atom stereocenters. The lowest BCUT2D eigenvalue weighted by atomic mass is 10.2. The predicted octanol–water partition coefficient (Wildman–Crippen LogP) is 2.43. The quantitative estimate of drug-likeness (QED) is 0.827. The van der Waals surface area contributed by atoms with Crippen LogP contribution in [0.4, 0.5) is 13.2 Å². The molecule has 2 aliphatic rings. The molecule has 0 aromatic carbocycles. The number of fused-ring (bicyclic) bond motifs is 1. The molecule has 9 heteroatoms. The molecule has 0 bridgehead atoms. The lowest BCUT2D eigenvalue weighted by Crippen LogP contribution is -2.32. The molecule has 1 unspecified atom stereocenters. The van der Waals surface area contributed by atoms with Crippen molar-refractivity contribution in [2.45, 2.75) is 18.9 Å². The Bertz CT molecular complexity index is 1010. The zero-order chi connectivity index (χ0) is 20.4. The van der Waals surface area contributed by atoms with Crippen LogP contribution in [-0.4, -0.2) is 15.8 Å². The van der Waals surface area contributed by atoms with Crippen molar-refractivity contribution in [1.29, 1.82) is 0 Å². The van der Waals surface area contributed by atoms with Crippen molar-refractivity contribution >= 4 is 5.91 Å². The van der Waals surface area contributed by atoms with Crippen LogP contribution < -0.4 is 15.6 Å². The lowest BCUT2D eigenvalue weighted by Gasteiger charge is -2.24. The van der Waals surface area contributed by atoms with Gasteiger partial charge in [0.05, 0.1) is 29.1 Å². The fourth-order valence-corrected chi connectivity index (χ4v) is 3.19. The van der Waals surface area contributed by atoms with Gasteiger partial charge in [-0.1, -0.05) is 6.08 Å². The van der Waals surface area contributed by atoms with E-state index < -0.39 is 17.6 Å². The van der Waals surface area contributed by atoms with Gasteiger partial charge in [-0.25, -0.2) is 4.98 Å². The van der Waals surface area contributed by atoms with Gasteiger partial charge in [-0.05, 0) is 30.4 Å². The average Bonchev–Trinajstić information content (AvgIpc) is 3.12. The molecule has 2 aromatic heterocycles. The molecule has 2 aliphatic heterocycles. The highest BCUT2D eigenvalue weighted by Gasteiger charge is 2.35. The van der Waals surface area contributed by atoms with E-state index in [1.54, 1.807) is 12.3 Å². The predicted molar refractivity (Wildman–Crippen MR) is 97.1 cm³/mol. The smallest absolute Gasteiger partial charge is 0.355 e. The molecule has 4 heterocycles. The van der Waals surface area contributed by atoms with Crippen molar-refractivity contribution in [1.82, 2.24) is 20.5 Å². The van der Waals surface area contributed by atoms with Crippen molar-refractivity contribution in [3.63, 3.8) is 0 Å². The van der Waals surface area contributed by atoms with Gasteiger partial charge in [0.1, 0.15) is 11.9 Å². The number of aromatic nitrogens is 2. The Balaban J connectivity index is 1.51. The highest BCUT2D eigenvalue weighted by atomic mass is 19.4.